The van der Waals surface area contributed by atoms with Crippen LogP contribution in [0.2, 0.25) is 0 Å². The van der Waals surface area contributed by atoms with Crippen molar-refractivity contribution in [3.63, 3.8) is 0 Å². The standard InChI is InChI=1S/C16H24N2O/c1-13(2)12-17-16(19)14-6-8-15(9-7-14)18-10-4-3-5-11-18/h6-9,13H,3-5,10-12H2,1-2H3,(H,17,19). The minimum Gasteiger partial charge on any atom is -0.372 e. The van der Waals surface area contributed by atoms with Crippen molar-refractivity contribution in [2.45, 2.75) is 33.1 Å². The van der Waals surface area contributed by atoms with Crippen LogP contribution in [0, 0.1) is 5.92 Å². The maximum atomic E-state index is 11.9. The summed E-state index contributed by atoms with van der Waals surface area (Å²) in [7, 11) is 0. The van der Waals surface area contributed by atoms with Gasteiger partial charge in [0.05, 0.1) is 0 Å². The Morgan fingerprint density at radius 3 is 2.37 bits per heavy atom. The van der Waals surface area contributed by atoms with Gasteiger partial charge < -0.3 is 10.2 Å². The molecule has 104 valence electrons. The second kappa shape index (κ2) is 6.60. The van der Waals surface area contributed by atoms with Crippen LogP contribution in [0.3, 0.4) is 0 Å². The SMILES string of the molecule is CC(C)CNC(=O)c1ccc(N2CCCCC2)cc1. The molecule has 1 fully saturated rings. The summed E-state index contributed by atoms with van der Waals surface area (Å²) in [5.41, 5.74) is 1.99. The van der Waals surface area contributed by atoms with Crippen LogP contribution in [0.4, 0.5) is 5.69 Å². The van der Waals surface area contributed by atoms with Crippen LogP contribution in [-0.4, -0.2) is 25.5 Å². The van der Waals surface area contributed by atoms with Crippen LogP contribution in [0.25, 0.3) is 0 Å². The van der Waals surface area contributed by atoms with E-state index in [1.807, 2.05) is 12.1 Å². The Hall–Kier alpha value is -1.51. The van der Waals surface area contributed by atoms with Crippen LogP contribution in [0.1, 0.15) is 43.5 Å². The van der Waals surface area contributed by atoms with Gasteiger partial charge in [0.15, 0.2) is 0 Å². The number of amides is 1. The van der Waals surface area contributed by atoms with E-state index in [4.69, 9.17) is 0 Å². The number of piperidine rings is 1. The number of benzene rings is 1. The van der Waals surface area contributed by atoms with Crippen molar-refractivity contribution in [3.8, 4) is 0 Å². The Labute approximate surface area is 116 Å². The fraction of sp³-hybridized carbons (Fsp3) is 0.562. The highest BCUT2D eigenvalue weighted by Gasteiger charge is 2.11. The normalized spacial score (nSPS) is 15.6. The number of anilines is 1. The molecule has 0 bridgehead atoms. The molecular formula is C16H24N2O. The molecule has 1 aromatic rings. The van der Waals surface area contributed by atoms with Gasteiger partial charge in [-0.2, -0.15) is 0 Å². The van der Waals surface area contributed by atoms with Crippen molar-refractivity contribution in [3.05, 3.63) is 29.8 Å². The third-order valence-corrected chi connectivity index (χ3v) is 3.52. The number of carbonyl (C=O) groups excluding carboxylic acids is 1. The van der Waals surface area contributed by atoms with Crippen molar-refractivity contribution >= 4 is 11.6 Å². The van der Waals surface area contributed by atoms with Crippen molar-refractivity contribution in [1.82, 2.24) is 5.32 Å². The summed E-state index contributed by atoms with van der Waals surface area (Å²) in [6, 6.07) is 7.99. The second-order valence-electron chi connectivity index (χ2n) is 5.70. The molecule has 1 aliphatic heterocycles. The maximum Gasteiger partial charge on any atom is 0.251 e. The Kier molecular flexibility index (Phi) is 4.83. The zero-order valence-corrected chi connectivity index (χ0v) is 12.0. The molecule has 3 heteroatoms. The number of nitrogens with zero attached hydrogens (tertiary/aromatic N) is 1. The number of nitrogens with one attached hydrogen (secondary N) is 1. The first-order valence-corrected chi connectivity index (χ1v) is 7.30. The monoisotopic (exact) mass is 260 g/mol. The fourth-order valence-electron chi connectivity index (χ4n) is 2.37. The molecule has 0 spiro atoms. The number of hydrogen-bond donors (Lipinski definition) is 1. The third-order valence-electron chi connectivity index (χ3n) is 3.52. The highest BCUT2D eigenvalue weighted by Crippen LogP contribution is 2.20. The van der Waals surface area contributed by atoms with Crippen molar-refractivity contribution in [2.24, 2.45) is 5.92 Å². The van der Waals surface area contributed by atoms with Gasteiger partial charge in [0.25, 0.3) is 5.91 Å². The predicted molar refractivity (Wildman–Crippen MR) is 79.7 cm³/mol. The molecule has 1 heterocycles. The zero-order chi connectivity index (χ0) is 13.7. The molecule has 0 unspecified atom stereocenters. The Bertz CT molecular complexity index is 405. The highest BCUT2D eigenvalue weighted by molar-refractivity contribution is 5.94. The molecule has 19 heavy (non-hydrogen) atoms. The lowest BCUT2D eigenvalue weighted by Gasteiger charge is -2.28. The Balaban J connectivity index is 1.95. The van der Waals surface area contributed by atoms with Gasteiger partial charge in [-0.25, -0.2) is 0 Å². The average molecular weight is 260 g/mol. The molecule has 1 saturated heterocycles. The lowest BCUT2D eigenvalue weighted by atomic mass is 10.1. The molecule has 1 N–H and O–H groups in total. The van der Waals surface area contributed by atoms with Gasteiger partial charge >= 0.3 is 0 Å². The number of rotatable bonds is 4. The van der Waals surface area contributed by atoms with Crippen LogP contribution >= 0.6 is 0 Å². The van der Waals surface area contributed by atoms with Gasteiger partial charge in [0.1, 0.15) is 0 Å². The van der Waals surface area contributed by atoms with Gasteiger partial charge in [-0.15, -0.1) is 0 Å². The molecular weight excluding hydrogens is 236 g/mol. The summed E-state index contributed by atoms with van der Waals surface area (Å²) < 4.78 is 0. The quantitative estimate of drug-likeness (QED) is 0.902. The molecule has 1 aromatic carbocycles. The fourth-order valence-corrected chi connectivity index (χ4v) is 2.37. The molecule has 1 aliphatic rings. The van der Waals surface area contributed by atoms with E-state index in [1.165, 1.54) is 24.9 Å². The first-order valence-electron chi connectivity index (χ1n) is 7.30. The summed E-state index contributed by atoms with van der Waals surface area (Å²) in [6.45, 7) is 7.20. The summed E-state index contributed by atoms with van der Waals surface area (Å²) >= 11 is 0. The molecule has 0 saturated carbocycles. The lowest BCUT2D eigenvalue weighted by Crippen LogP contribution is -2.29. The largest absolute Gasteiger partial charge is 0.372 e. The van der Waals surface area contributed by atoms with E-state index in [-0.39, 0.29) is 5.91 Å². The molecule has 0 aliphatic carbocycles. The van der Waals surface area contributed by atoms with E-state index in [9.17, 15) is 4.79 Å². The van der Waals surface area contributed by atoms with Crippen LogP contribution in [-0.2, 0) is 0 Å². The Morgan fingerprint density at radius 2 is 1.79 bits per heavy atom. The zero-order valence-electron chi connectivity index (χ0n) is 12.0. The van der Waals surface area contributed by atoms with Crippen LogP contribution in [0.5, 0.6) is 0 Å². The maximum absolute atomic E-state index is 11.9. The number of carbonyl (C=O) groups is 1. The van der Waals surface area contributed by atoms with Gasteiger partial charge in [0, 0.05) is 30.9 Å². The third kappa shape index (κ3) is 3.98. The molecule has 0 radical (unpaired) electrons. The van der Waals surface area contributed by atoms with E-state index in [0.29, 0.717) is 5.92 Å². The Morgan fingerprint density at radius 1 is 1.16 bits per heavy atom. The van der Waals surface area contributed by atoms with Crippen LogP contribution < -0.4 is 10.2 Å². The molecule has 3 nitrogen and oxygen atoms in total. The van der Waals surface area contributed by atoms with Gasteiger partial charge in [-0.3, -0.25) is 4.79 Å². The first kappa shape index (κ1) is 13.9. The van der Waals surface area contributed by atoms with E-state index < -0.39 is 0 Å². The van der Waals surface area contributed by atoms with Gasteiger partial charge in [0.2, 0.25) is 0 Å². The molecule has 1 amide bonds. The summed E-state index contributed by atoms with van der Waals surface area (Å²) in [5.74, 6) is 0.510. The minimum absolute atomic E-state index is 0.0268. The van der Waals surface area contributed by atoms with Crippen molar-refractivity contribution < 1.29 is 4.79 Å². The van der Waals surface area contributed by atoms with Gasteiger partial charge in [-0.05, 0) is 49.4 Å². The van der Waals surface area contributed by atoms with Gasteiger partial charge in [-0.1, -0.05) is 13.8 Å². The smallest absolute Gasteiger partial charge is 0.251 e. The predicted octanol–water partition coefficient (Wildman–Crippen LogP) is 3.06. The highest BCUT2D eigenvalue weighted by atomic mass is 16.1. The lowest BCUT2D eigenvalue weighted by molar-refractivity contribution is 0.0949. The van der Waals surface area contributed by atoms with Crippen LogP contribution in [0.15, 0.2) is 24.3 Å². The van der Waals surface area contributed by atoms with E-state index in [2.05, 4.69) is 36.2 Å². The topological polar surface area (TPSA) is 32.3 Å². The molecule has 2 rings (SSSR count). The summed E-state index contributed by atoms with van der Waals surface area (Å²) in [6.07, 6.45) is 3.89. The van der Waals surface area contributed by atoms with E-state index in [1.54, 1.807) is 0 Å². The minimum atomic E-state index is 0.0268. The molecule has 0 atom stereocenters. The summed E-state index contributed by atoms with van der Waals surface area (Å²) in [5, 5.41) is 2.94. The number of hydrogen-bond acceptors (Lipinski definition) is 2. The molecule has 0 aromatic heterocycles. The van der Waals surface area contributed by atoms with E-state index >= 15 is 0 Å². The first-order chi connectivity index (χ1) is 9.16. The average Bonchev–Trinajstić information content (AvgIpc) is 2.46. The summed E-state index contributed by atoms with van der Waals surface area (Å²) in [4.78, 5) is 14.3. The van der Waals surface area contributed by atoms with E-state index in [0.717, 1.165) is 25.2 Å². The van der Waals surface area contributed by atoms with Crippen molar-refractivity contribution in [1.29, 1.82) is 0 Å². The van der Waals surface area contributed by atoms with Crippen molar-refractivity contribution in [2.75, 3.05) is 24.5 Å². The second-order valence-corrected chi connectivity index (χ2v) is 5.70.